The van der Waals surface area contributed by atoms with Gasteiger partial charge >= 0.3 is 0 Å². The van der Waals surface area contributed by atoms with Crippen molar-refractivity contribution in [3.8, 4) is 0 Å². The molecule has 0 aliphatic rings. The molecule has 0 radical (unpaired) electrons. The van der Waals surface area contributed by atoms with Crippen molar-refractivity contribution in [2.75, 3.05) is 32.7 Å². The van der Waals surface area contributed by atoms with Crippen molar-refractivity contribution in [1.29, 1.82) is 0 Å². The molecule has 0 saturated heterocycles. The number of anilines is 1. The maximum absolute atomic E-state index is 5.12. The fourth-order valence-electron chi connectivity index (χ4n) is 1.57. The lowest BCUT2D eigenvalue weighted by Gasteiger charge is -2.14. The zero-order chi connectivity index (χ0) is 15.0. The molecule has 0 aromatic heterocycles. The Balaban J connectivity index is 2.42. The van der Waals surface area contributed by atoms with Gasteiger partial charge in [-0.25, -0.2) is 0 Å². The van der Waals surface area contributed by atoms with E-state index in [0.717, 1.165) is 11.3 Å². The molecular weight excluding hydrogens is 272 g/mol. The van der Waals surface area contributed by atoms with Crippen LogP contribution in [0.4, 0.5) is 5.69 Å². The van der Waals surface area contributed by atoms with Crippen LogP contribution >= 0.6 is 12.2 Å². The summed E-state index contributed by atoms with van der Waals surface area (Å²) < 4.78 is 5.02. The molecule has 0 amide bonds. The van der Waals surface area contributed by atoms with Gasteiger partial charge < -0.3 is 15.0 Å². The van der Waals surface area contributed by atoms with Gasteiger partial charge in [-0.05, 0) is 36.8 Å². The number of hydrogen-bond donors (Lipinski definition) is 2. The molecule has 110 valence electrons. The van der Waals surface area contributed by atoms with Gasteiger partial charge in [-0.3, -0.25) is 5.43 Å². The van der Waals surface area contributed by atoms with Gasteiger partial charge in [0.05, 0.1) is 12.8 Å². The Bertz CT molecular complexity index is 445. The third-order valence-corrected chi connectivity index (χ3v) is 2.79. The van der Waals surface area contributed by atoms with Crippen LogP contribution in [0.25, 0.3) is 0 Å². The summed E-state index contributed by atoms with van der Waals surface area (Å²) in [5.41, 5.74) is 4.95. The molecule has 1 aromatic rings. The largest absolute Gasteiger partial charge is 0.383 e. The van der Waals surface area contributed by atoms with Crippen LogP contribution in [0.1, 0.15) is 12.5 Å². The standard InChI is InChI=1S/C14H22N4OS/c1-11(10-19-4)16-14(20)17-15-9-12-5-7-13(8-6-12)18(2)3/h5-9,11H,10H2,1-4H3,(H2,16,17,20)/b15-9-/t11-/m1/s1. The second-order valence-corrected chi connectivity index (χ2v) is 5.09. The highest BCUT2D eigenvalue weighted by Gasteiger charge is 2.01. The molecule has 0 aliphatic heterocycles. The fourth-order valence-corrected chi connectivity index (χ4v) is 1.83. The fraction of sp³-hybridized carbons (Fsp3) is 0.429. The molecule has 6 heteroatoms. The van der Waals surface area contributed by atoms with Crippen LogP contribution in [0.3, 0.4) is 0 Å². The van der Waals surface area contributed by atoms with Crippen LogP contribution < -0.4 is 15.6 Å². The van der Waals surface area contributed by atoms with E-state index < -0.39 is 0 Å². The van der Waals surface area contributed by atoms with Gasteiger partial charge in [0.25, 0.3) is 0 Å². The van der Waals surface area contributed by atoms with E-state index in [-0.39, 0.29) is 6.04 Å². The summed E-state index contributed by atoms with van der Waals surface area (Å²) in [5, 5.41) is 7.64. The summed E-state index contributed by atoms with van der Waals surface area (Å²) in [4.78, 5) is 2.05. The highest BCUT2D eigenvalue weighted by atomic mass is 32.1. The number of nitrogens with zero attached hydrogens (tertiary/aromatic N) is 2. The zero-order valence-electron chi connectivity index (χ0n) is 12.4. The average molecular weight is 294 g/mol. The highest BCUT2D eigenvalue weighted by molar-refractivity contribution is 7.80. The van der Waals surface area contributed by atoms with E-state index in [4.69, 9.17) is 17.0 Å². The summed E-state index contributed by atoms with van der Waals surface area (Å²) >= 11 is 5.12. The molecule has 20 heavy (non-hydrogen) atoms. The zero-order valence-corrected chi connectivity index (χ0v) is 13.2. The molecule has 0 spiro atoms. The van der Waals surface area contributed by atoms with Gasteiger partial charge in [0.1, 0.15) is 0 Å². The maximum atomic E-state index is 5.12. The van der Waals surface area contributed by atoms with Crippen LogP contribution in [0.5, 0.6) is 0 Å². The quantitative estimate of drug-likeness (QED) is 0.474. The normalized spacial score (nSPS) is 12.2. The second kappa shape index (κ2) is 8.50. The van der Waals surface area contributed by atoms with Crippen molar-refractivity contribution in [2.24, 2.45) is 5.10 Å². The monoisotopic (exact) mass is 294 g/mol. The maximum Gasteiger partial charge on any atom is 0.187 e. The Labute approximate surface area is 126 Å². The number of hydrogen-bond acceptors (Lipinski definition) is 4. The lowest BCUT2D eigenvalue weighted by molar-refractivity contribution is 0.179. The number of hydrazone groups is 1. The summed E-state index contributed by atoms with van der Waals surface area (Å²) in [7, 11) is 5.68. The molecule has 1 atom stereocenters. The van der Waals surface area contributed by atoms with Crippen molar-refractivity contribution < 1.29 is 4.74 Å². The van der Waals surface area contributed by atoms with E-state index in [0.29, 0.717) is 11.7 Å². The van der Waals surface area contributed by atoms with E-state index in [1.165, 1.54) is 0 Å². The second-order valence-electron chi connectivity index (χ2n) is 4.69. The van der Waals surface area contributed by atoms with Crippen LogP contribution in [-0.4, -0.2) is 45.2 Å². The van der Waals surface area contributed by atoms with E-state index >= 15 is 0 Å². The van der Waals surface area contributed by atoms with Gasteiger partial charge in [0, 0.05) is 32.9 Å². The summed E-state index contributed by atoms with van der Waals surface area (Å²) in [6, 6.07) is 8.24. The Morgan fingerprint density at radius 3 is 2.60 bits per heavy atom. The van der Waals surface area contributed by atoms with E-state index in [2.05, 4.69) is 20.7 Å². The predicted octanol–water partition coefficient (Wildman–Crippen LogP) is 1.59. The topological polar surface area (TPSA) is 48.9 Å². The first kappa shape index (κ1) is 16.4. The molecular formula is C14H22N4OS. The molecule has 1 rings (SSSR count). The summed E-state index contributed by atoms with van der Waals surface area (Å²) in [6.07, 6.45) is 1.73. The molecule has 0 heterocycles. The minimum Gasteiger partial charge on any atom is -0.383 e. The first-order valence-corrected chi connectivity index (χ1v) is 6.79. The van der Waals surface area contributed by atoms with Crippen LogP contribution in [0.2, 0.25) is 0 Å². The molecule has 2 N–H and O–H groups in total. The number of ether oxygens (including phenoxy) is 1. The molecule has 0 fully saturated rings. The molecule has 0 saturated carbocycles. The first-order chi connectivity index (χ1) is 9.52. The SMILES string of the molecule is COC[C@@H](C)NC(=S)N/N=C\c1ccc(N(C)C)cc1. The van der Waals surface area contributed by atoms with E-state index in [1.807, 2.05) is 45.3 Å². The smallest absolute Gasteiger partial charge is 0.187 e. The van der Waals surface area contributed by atoms with Crippen LogP contribution in [0.15, 0.2) is 29.4 Å². The summed E-state index contributed by atoms with van der Waals surface area (Å²) in [5.74, 6) is 0. The molecule has 5 nitrogen and oxygen atoms in total. The molecule has 1 aromatic carbocycles. The van der Waals surface area contributed by atoms with Crippen molar-refractivity contribution in [2.45, 2.75) is 13.0 Å². The minimum atomic E-state index is 0.148. The van der Waals surface area contributed by atoms with E-state index in [9.17, 15) is 0 Å². The van der Waals surface area contributed by atoms with Crippen molar-refractivity contribution >= 4 is 29.2 Å². The lowest BCUT2D eigenvalue weighted by Crippen LogP contribution is -2.40. The van der Waals surface area contributed by atoms with E-state index in [1.54, 1.807) is 13.3 Å². The Morgan fingerprint density at radius 1 is 1.40 bits per heavy atom. The third-order valence-electron chi connectivity index (χ3n) is 2.58. The Hall–Kier alpha value is -1.66. The number of benzene rings is 1. The highest BCUT2D eigenvalue weighted by Crippen LogP contribution is 2.10. The Kier molecular flexibility index (Phi) is 6.97. The van der Waals surface area contributed by atoms with Gasteiger partial charge in [0.2, 0.25) is 0 Å². The Morgan fingerprint density at radius 2 is 2.05 bits per heavy atom. The van der Waals surface area contributed by atoms with Crippen molar-refractivity contribution in [3.05, 3.63) is 29.8 Å². The van der Waals surface area contributed by atoms with Gasteiger partial charge in [-0.15, -0.1) is 0 Å². The van der Waals surface area contributed by atoms with Crippen LogP contribution in [-0.2, 0) is 4.74 Å². The number of nitrogens with one attached hydrogen (secondary N) is 2. The predicted molar refractivity (Wildman–Crippen MR) is 88.6 cm³/mol. The van der Waals surface area contributed by atoms with Gasteiger partial charge in [0.15, 0.2) is 5.11 Å². The summed E-state index contributed by atoms with van der Waals surface area (Å²) in [6.45, 7) is 2.58. The van der Waals surface area contributed by atoms with Crippen molar-refractivity contribution in [3.63, 3.8) is 0 Å². The number of rotatable bonds is 6. The molecule has 0 unspecified atom stereocenters. The minimum absolute atomic E-state index is 0.148. The number of methoxy groups -OCH3 is 1. The molecule has 0 aliphatic carbocycles. The van der Waals surface area contributed by atoms with Crippen LogP contribution in [0, 0.1) is 0 Å². The number of thiocarbonyl (C=S) groups is 1. The third kappa shape index (κ3) is 5.99. The first-order valence-electron chi connectivity index (χ1n) is 6.39. The lowest BCUT2D eigenvalue weighted by atomic mass is 10.2. The average Bonchev–Trinajstić information content (AvgIpc) is 2.39. The molecule has 0 bridgehead atoms. The van der Waals surface area contributed by atoms with Gasteiger partial charge in [-0.1, -0.05) is 12.1 Å². The van der Waals surface area contributed by atoms with Gasteiger partial charge in [-0.2, -0.15) is 5.10 Å². The van der Waals surface area contributed by atoms with Crippen molar-refractivity contribution in [1.82, 2.24) is 10.7 Å².